The van der Waals surface area contributed by atoms with Crippen molar-refractivity contribution in [3.63, 3.8) is 0 Å². The zero-order chi connectivity index (χ0) is 16.7. The summed E-state index contributed by atoms with van der Waals surface area (Å²) >= 11 is 5.73. The highest BCUT2D eigenvalue weighted by Crippen LogP contribution is 2.13. The molecule has 0 bridgehead atoms. The largest absolute Gasteiger partial charge is 0.466 e. The van der Waals surface area contributed by atoms with Gasteiger partial charge in [0.1, 0.15) is 18.6 Å². The van der Waals surface area contributed by atoms with Crippen molar-refractivity contribution in [2.75, 3.05) is 18.4 Å². The number of nitrogens with one attached hydrogen (secondary N) is 2. The normalized spacial score (nSPS) is 10.8. The average molecular weight is 378 g/mol. The standard InChI is InChI=1S/C11H13ClN6O4S.H3N/c12-8-3-10(22-7-8)5-14-11(17-19)18-6-9(4-15-18)13-1-2-16-23(20)21;/h3-4,6-7,13,19H,1-2,5H2,(H,14,17);1H3. The first-order valence-corrected chi connectivity index (χ1v) is 7.72. The van der Waals surface area contributed by atoms with Gasteiger partial charge in [-0.05, 0) is 0 Å². The Morgan fingerprint density at radius 1 is 1.50 bits per heavy atom. The third-order valence-electron chi connectivity index (χ3n) is 2.54. The molecule has 0 aliphatic heterocycles. The van der Waals surface area contributed by atoms with E-state index >= 15 is 0 Å². The summed E-state index contributed by atoms with van der Waals surface area (Å²) in [5.74, 6) is 0.608. The van der Waals surface area contributed by atoms with Crippen LogP contribution >= 0.6 is 11.6 Å². The lowest BCUT2D eigenvalue weighted by Gasteiger charge is -2.03. The summed E-state index contributed by atoms with van der Waals surface area (Å²) in [5.41, 5.74) is 2.55. The van der Waals surface area contributed by atoms with Crippen LogP contribution in [0.1, 0.15) is 5.76 Å². The van der Waals surface area contributed by atoms with Crippen LogP contribution in [-0.4, -0.2) is 42.5 Å². The predicted octanol–water partition coefficient (Wildman–Crippen LogP) is 1.15. The van der Waals surface area contributed by atoms with Crippen LogP contribution < -0.4 is 16.9 Å². The van der Waals surface area contributed by atoms with Gasteiger partial charge >= 0.3 is 10.5 Å². The molecule has 2 rings (SSSR count). The van der Waals surface area contributed by atoms with Crippen LogP contribution in [-0.2, 0) is 17.0 Å². The van der Waals surface area contributed by atoms with Crippen LogP contribution in [0.15, 0.2) is 38.5 Å². The monoisotopic (exact) mass is 377 g/mol. The molecule has 0 amide bonds. The minimum atomic E-state index is -2.41. The van der Waals surface area contributed by atoms with Crippen molar-refractivity contribution in [3.05, 3.63) is 35.5 Å². The van der Waals surface area contributed by atoms with Crippen molar-refractivity contribution in [1.82, 2.24) is 21.4 Å². The van der Waals surface area contributed by atoms with Gasteiger partial charge in [-0.3, -0.25) is 5.21 Å². The maximum absolute atomic E-state index is 10.3. The molecule has 0 saturated heterocycles. The number of aliphatic imine (C=N–C) groups is 1. The maximum Gasteiger partial charge on any atom is 0.311 e. The number of aromatic nitrogens is 2. The number of nitrogens with zero attached hydrogens (tertiary/aromatic N) is 4. The van der Waals surface area contributed by atoms with Gasteiger partial charge in [0.05, 0.1) is 29.6 Å². The Balaban J connectivity index is 0.00000288. The number of hydroxylamine groups is 1. The highest BCUT2D eigenvalue weighted by molar-refractivity contribution is 7.61. The molecule has 2 aromatic heterocycles. The summed E-state index contributed by atoms with van der Waals surface area (Å²) in [7, 11) is -2.41. The van der Waals surface area contributed by atoms with Gasteiger partial charge in [0, 0.05) is 12.6 Å². The van der Waals surface area contributed by atoms with E-state index in [0.717, 1.165) is 0 Å². The third kappa shape index (κ3) is 6.00. The van der Waals surface area contributed by atoms with Crippen LogP contribution in [0.4, 0.5) is 5.69 Å². The molecule has 0 saturated carbocycles. The summed E-state index contributed by atoms with van der Waals surface area (Å²) in [6, 6.07) is 1.61. The highest BCUT2D eigenvalue weighted by Gasteiger charge is 2.05. The van der Waals surface area contributed by atoms with Gasteiger partial charge in [-0.15, -0.1) is 0 Å². The van der Waals surface area contributed by atoms with Crippen LogP contribution in [0, 0.1) is 0 Å². The molecule has 0 aliphatic carbocycles. The zero-order valence-electron chi connectivity index (χ0n) is 12.4. The molecule has 0 unspecified atom stereocenters. The highest BCUT2D eigenvalue weighted by atomic mass is 35.5. The molecule has 0 aliphatic rings. The number of rotatable bonds is 6. The molecule has 6 N–H and O–H groups in total. The lowest BCUT2D eigenvalue weighted by atomic mass is 10.4. The van der Waals surface area contributed by atoms with Crippen molar-refractivity contribution in [2.24, 2.45) is 9.36 Å². The third-order valence-corrected chi connectivity index (χ3v) is 3.14. The quantitative estimate of drug-likeness (QED) is 0.251. The molecular formula is C11H16ClN7O4S. The van der Waals surface area contributed by atoms with Gasteiger partial charge in [-0.2, -0.15) is 17.9 Å². The zero-order valence-corrected chi connectivity index (χ0v) is 14.0. The number of hydrogen-bond acceptors (Lipinski definition) is 9. The van der Waals surface area contributed by atoms with Gasteiger partial charge in [0.15, 0.2) is 0 Å². The SMILES string of the molecule is N.O=S(=O)=NCCNc1cnn(C(=NCc2cc(Cl)co2)NO)c1. The summed E-state index contributed by atoms with van der Waals surface area (Å²) in [5, 5.41) is 16.5. The van der Waals surface area contributed by atoms with E-state index in [1.165, 1.54) is 17.1 Å². The predicted molar refractivity (Wildman–Crippen MR) is 87.1 cm³/mol. The molecule has 24 heavy (non-hydrogen) atoms. The van der Waals surface area contributed by atoms with Crippen molar-refractivity contribution in [3.8, 4) is 0 Å². The van der Waals surface area contributed by atoms with E-state index in [0.29, 0.717) is 23.0 Å². The average Bonchev–Trinajstić information content (AvgIpc) is 3.14. The van der Waals surface area contributed by atoms with E-state index in [9.17, 15) is 8.42 Å². The second-order valence-corrected chi connectivity index (χ2v) is 5.28. The number of halogens is 1. The molecule has 0 radical (unpaired) electrons. The van der Waals surface area contributed by atoms with Crippen LogP contribution in [0.3, 0.4) is 0 Å². The summed E-state index contributed by atoms with van der Waals surface area (Å²) < 4.78 is 30.2. The summed E-state index contributed by atoms with van der Waals surface area (Å²) in [6.45, 7) is 0.593. The van der Waals surface area contributed by atoms with E-state index in [4.69, 9.17) is 21.2 Å². The molecular weight excluding hydrogens is 362 g/mol. The van der Waals surface area contributed by atoms with Crippen LogP contribution in [0.2, 0.25) is 5.02 Å². The van der Waals surface area contributed by atoms with Gasteiger partial charge in [-0.25, -0.2) is 15.2 Å². The molecule has 0 spiro atoms. The topological polar surface area (TPSA) is 169 Å². The van der Waals surface area contributed by atoms with Gasteiger partial charge in [0.25, 0.3) is 0 Å². The number of furan rings is 1. The van der Waals surface area contributed by atoms with E-state index in [1.54, 1.807) is 12.3 Å². The first-order chi connectivity index (χ1) is 11.1. The Bertz CT molecular complexity index is 806. The van der Waals surface area contributed by atoms with Gasteiger partial charge < -0.3 is 15.9 Å². The lowest BCUT2D eigenvalue weighted by molar-refractivity contribution is 0.228. The molecule has 2 aromatic rings. The Morgan fingerprint density at radius 3 is 2.92 bits per heavy atom. The molecule has 132 valence electrons. The molecule has 0 atom stereocenters. The Hall–Kier alpha value is -2.41. The molecule has 13 heteroatoms. The smallest absolute Gasteiger partial charge is 0.311 e. The van der Waals surface area contributed by atoms with Crippen molar-refractivity contribution in [1.29, 1.82) is 0 Å². The number of hydrogen-bond donors (Lipinski definition) is 4. The van der Waals surface area contributed by atoms with E-state index in [2.05, 4.69) is 19.8 Å². The van der Waals surface area contributed by atoms with Gasteiger partial charge in [-0.1, -0.05) is 11.6 Å². The van der Waals surface area contributed by atoms with E-state index in [-0.39, 0.29) is 25.2 Å². The lowest BCUT2D eigenvalue weighted by Crippen LogP contribution is -2.28. The van der Waals surface area contributed by atoms with Crippen LogP contribution in [0.25, 0.3) is 0 Å². The fourth-order valence-electron chi connectivity index (χ4n) is 1.60. The maximum atomic E-state index is 10.3. The second-order valence-electron chi connectivity index (χ2n) is 4.15. The van der Waals surface area contributed by atoms with Crippen molar-refractivity contribution in [2.45, 2.75) is 6.54 Å². The van der Waals surface area contributed by atoms with E-state index in [1.807, 2.05) is 5.48 Å². The Kier molecular flexibility index (Phi) is 7.91. The first-order valence-electron chi connectivity index (χ1n) is 6.31. The summed E-state index contributed by atoms with van der Waals surface area (Å²) in [6.07, 6.45) is 4.44. The second kappa shape index (κ2) is 9.67. The van der Waals surface area contributed by atoms with Gasteiger partial charge in [0.2, 0.25) is 5.96 Å². The molecule has 11 nitrogen and oxygen atoms in total. The summed E-state index contributed by atoms with van der Waals surface area (Å²) in [4.78, 5) is 4.10. The fraction of sp³-hybridized carbons (Fsp3) is 0.273. The minimum Gasteiger partial charge on any atom is -0.466 e. The number of anilines is 1. The Labute approximate surface area is 143 Å². The Morgan fingerprint density at radius 2 is 2.29 bits per heavy atom. The molecule has 0 aromatic carbocycles. The van der Waals surface area contributed by atoms with Crippen molar-refractivity contribution >= 4 is 33.7 Å². The minimum absolute atomic E-state index is 0. The van der Waals surface area contributed by atoms with E-state index < -0.39 is 10.5 Å². The fourth-order valence-corrected chi connectivity index (χ4v) is 2.01. The van der Waals surface area contributed by atoms with Crippen molar-refractivity contribution < 1.29 is 18.0 Å². The first kappa shape index (κ1) is 19.6. The van der Waals surface area contributed by atoms with Crippen LogP contribution in [0.5, 0.6) is 0 Å². The molecule has 0 fully saturated rings. The molecule has 2 heterocycles.